The number of nitrogens with zero attached hydrogens (tertiary/aromatic N) is 3. The third-order valence-corrected chi connectivity index (χ3v) is 5.86. The van der Waals surface area contributed by atoms with Crippen LogP contribution in [0.2, 0.25) is 0 Å². The zero-order valence-electron chi connectivity index (χ0n) is 17.6. The van der Waals surface area contributed by atoms with E-state index in [0.29, 0.717) is 22.8 Å². The molecule has 0 radical (unpaired) electrons. The number of rotatable bonds is 3. The summed E-state index contributed by atoms with van der Waals surface area (Å²) in [6, 6.07) is 9.60. The molecule has 2 amide bonds. The molecule has 0 aliphatic carbocycles. The molecule has 0 unspecified atom stereocenters. The molecule has 1 aliphatic heterocycles. The lowest BCUT2D eigenvalue weighted by Gasteiger charge is -2.39. The lowest BCUT2D eigenvalue weighted by atomic mass is 10.1. The molecule has 0 spiro atoms. The summed E-state index contributed by atoms with van der Waals surface area (Å²) in [4.78, 5) is 32.8. The van der Waals surface area contributed by atoms with Gasteiger partial charge in [-0.2, -0.15) is 0 Å². The van der Waals surface area contributed by atoms with E-state index in [2.05, 4.69) is 4.98 Å². The minimum atomic E-state index is -3.30. The zero-order chi connectivity index (χ0) is 22.2. The predicted molar refractivity (Wildman–Crippen MR) is 114 cm³/mol. The first-order valence-corrected chi connectivity index (χ1v) is 11.5. The molecule has 0 saturated heterocycles. The monoisotopic (exact) mass is 431 g/mol. The molecule has 0 N–H and O–H groups in total. The van der Waals surface area contributed by atoms with Gasteiger partial charge in [0.1, 0.15) is 0 Å². The molecule has 160 valence electrons. The minimum Gasteiger partial charge on any atom is -0.446 e. The van der Waals surface area contributed by atoms with Crippen LogP contribution in [0, 0.1) is 0 Å². The van der Waals surface area contributed by atoms with Crippen LogP contribution in [0.5, 0.6) is 0 Å². The van der Waals surface area contributed by atoms with Crippen molar-refractivity contribution in [2.75, 3.05) is 22.6 Å². The topological polar surface area (TPSA) is 96.9 Å². The second-order valence-electron chi connectivity index (χ2n) is 7.62. The third kappa shape index (κ3) is 4.30. The third-order valence-electron chi connectivity index (χ3n) is 4.73. The first kappa shape index (κ1) is 21.8. The number of carbonyl (C=O) groups excluding carboxylic acids is 2. The number of hydrogen-bond acceptors (Lipinski definition) is 6. The van der Waals surface area contributed by atoms with E-state index in [1.165, 1.54) is 24.0 Å². The molecule has 2 heterocycles. The minimum absolute atomic E-state index is 0.146. The van der Waals surface area contributed by atoms with Crippen LogP contribution < -0.4 is 9.80 Å². The maximum Gasteiger partial charge on any atom is 0.415 e. The van der Waals surface area contributed by atoms with Crippen molar-refractivity contribution in [2.45, 2.75) is 44.7 Å². The number of anilines is 2. The highest BCUT2D eigenvalue weighted by molar-refractivity contribution is 7.90. The van der Waals surface area contributed by atoms with E-state index in [-0.39, 0.29) is 29.5 Å². The van der Waals surface area contributed by atoms with E-state index in [1.54, 1.807) is 43.0 Å². The smallest absolute Gasteiger partial charge is 0.415 e. The number of pyridine rings is 1. The first-order valence-electron chi connectivity index (χ1n) is 9.58. The Labute approximate surface area is 176 Å². The van der Waals surface area contributed by atoms with Crippen LogP contribution in [-0.4, -0.2) is 50.3 Å². The number of fused-ring (bicyclic) bond motifs is 1. The maximum absolute atomic E-state index is 12.7. The van der Waals surface area contributed by atoms with E-state index in [0.717, 1.165) is 6.26 Å². The highest BCUT2D eigenvalue weighted by Crippen LogP contribution is 2.36. The van der Waals surface area contributed by atoms with Gasteiger partial charge in [-0.15, -0.1) is 0 Å². The Morgan fingerprint density at radius 3 is 2.30 bits per heavy atom. The van der Waals surface area contributed by atoms with Crippen molar-refractivity contribution in [1.82, 2.24) is 4.98 Å². The second-order valence-corrected chi connectivity index (χ2v) is 9.63. The molecule has 0 fully saturated rings. The van der Waals surface area contributed by atoms with E-state index in [1.807, 2.05) is 6.92 Å². The molecular weight excluding hydrogens is 406 g/mol. The zero-order valence-corrected chi connectivity index (χ0v) is 18.4. The van der Waals surface area contributed by atoms with Gasteiger partial charge in [-0.1, -0.05) is 12.1 Å². The molecule has 0 saturated carbocycles. The fourth-order valence-electron chi connectivity index (χ4n) is 3.44. The molecule has 9 heteroatoms. The van der Waals surface area contributed by atoms with E-state index < -0.39 is 15.9 Å². The summed E-state index contributed by atoms with van der Waals surface area (Å²) in [5.74, 6) is 0.186. The second kappa shape index (κ2) is 8.06. The molecule has 1 atom stereocenters. The molecule has 1 aromatic carbocycles. The summed E-state index contributed by atoms with van der Waals surface area (Å²) in [6.45, 7) is 7.11. The average molecular weight is 432 g/mol. The van der Waals surface area contributed by atoms with E-state index in [9.17, 15) is 18.0 Å². The summed E-state index contributed by atoms with van der Waals surface area (Å²) in [7, 11) is -3.30. The van der Waals surface area contributed by atoms with Crippen molar-refractivity contribution in [3.8, 4) is 11.3 Å². The molecule has 2 aromatic rings. The number of ether oxygens (including phenoxy) is 1. The van der Waals surface area contributed by atoms with Gasteiger partial charge in [-0.25, -0.2) is 18.2 Å². The highest BCUT2D eigenvalue weighted by Gasteiger charge is 2.36. The van der Waals surface area contributed by atoms with E-state index in [4.69, 9.17) is 4.74 Å². The standard InChI is InChI=1S/C21H25N3O5S/c1-13(2)29-21(26)23-12-14(3)24(15(4)25)19-11-10-18(22-20(19)23)16-6-8-17(9-7-16)30(5,27)28/h6-11,13-14H,12H2,1-5H3/t14-/m0/s1. The normalized spacial score (nSPS) is 16.4. The number of benzene rings is 1. The molecule has 0 bridgehead atoms. The van der Waals surface area contributed by atoms with Crippen LogP contribution in [0.4, 0.5) is 16.3 Å². The van der Waals surface area contributed by atoms with Gasteiger partial charge in [-0.3, -0.25) is 9.69 Å². The van der Waals surface area contributed by atoms with Crippen molar-refractivity contribution in [3.05, 3.63) is 36.4 Å². The fourth-order valence-corrected chi connectivity index (χ4v) is 4.07. The molecule has 8 nitrogen and oxygen atoms in total. The maximum atomic E-state index is 12.7. The predicted octanol–water partition coefficient (Wildman–Crippen LogP) is 3.26. The van der Waals surface area contributed by atoms with Gasteiger partial charge < -0.3 is 9.64 Å². The first-order chi connectivity index (χ1) is 14.0. The quantitative estimate of drug-likeness (QED) is 0.740. The number of amides is 2. The summed E-state index contributed by atoms with van der Waals surface area (Å²) in [6.07, 6.45) is 0.321. The number of carbonyl (C=O) groups is 2. The Bertz CT molecular complexity index is 1080. The molecule has 1 aliphatic rings. The van der Waals surface area contributed by atoms with Gasteiger partial charge in [0, 0.05) is 18.7 Å². The number of sulfone groups is 1. The summed E-state index contributed by atoms with van der Waals surface area (Å²) >= 11 is 0. The lowest BCUT2D eigenvalue weighted by Crippen LogP contribution is -2.52. The summed E-state index contributed by atoms with van der Waals surface area (Å²) < 4.78 is 28.8. The van der Waals surface area contributed by atoms with Crippen molar-refractivity contribution in [2.24, 2.45) is 0 Å². The average Bonchev–Trinajstić information content (AvgIpc) is 2.65. The van der Waals surface area contributed by atoms with Crippen LogP contribution >= 0.6 is 0 Å². The van der Waals surface area contributed by atoms with Crippen molar-refractivity contribution >= 4 is 33.3 Å². The molecular formula is C21H25N3O5S. The van der Waals surface area contributed by atoms with Gasteiger partial charge in [0.2, 0.25) is 5.91 Å². The van der Waals surface area contributed by atoms with Gasteiger partial charge in [-0.05, 0) is 45.0 Å². The van der Waals surface area contributed by atoms with Gasteiger partial charge >= 0.3 is 6.09 Å². The van der Waals surface area contributed by atoms with Crippen molar-refractivity contribution < 1.29 is 22.7 Å². The largest absolute Gasteiger partial charge is 0.446 e. The van der Waals surface area contributed by atoms with Crippen molar-refractivity contribution in [1.29, 1.82) is 0 Å². The van der Waals surface area contributed by atoms with E-state index >= 15 is 0 Å². The van der Waals surface area contributed by atoms with Gasteiger partial charge in [0.05, 0.1) is 35.0 Å². The van der Waals surface area contributed by atoms with Gasteiger partial charge in [0.15, 0.2) is 15.7 Å². The van der Waals surface area contributed by atoms with Crippen LogP contribution in [0.3, 0.4) is 0 Å². The Hall–Kier alpha value is -2.94. The Kier molecular flexibility index (Phi) is 5.85. The summed E-state index contributed by atoms with van der Waals surface area (Å²) in [5.41, 5.74) is 1.77. The molecule has 1 aromatic heterocycles. The SMILES string of the molecule is CC(=O)N1c2ccc(-c3ccc(S(C)(=O)=O)cc3)nc2N(C(=O)OC(C)C)C[C@@H]1C. The van der Waals surface area contributed by atoms with Crippen molar-refractivity contribution in [3.63, 3.8) is 0 Å². The summed E-state index contributed by atoms with van der Waals surface area (Å²) in [5, 5.41) is 0. The fraction of sp³-hybridized carbons (Fsp3) is 0.381. The van der Waals surface area contributed by atoms with Crippen LogP contribution in [0.15, 0.2) is 41.3 Å². The lowest BCUT2D eigenvalue weighted by molar-refractivity contribution is -0.117. The highest BCUT2D eigenvalue weighted by atomic mass is 32.2. The molecule has 30 heavy (non-hydrogen) atoms. The van der Waals surface area contributed by atoms with Gasteiger partial charge in [0.25, 0.3) is 0 Å². The molecule has 3 rings (SSSR count). The van der Waals surface area contributed by atoms with Crippen LogP contribution in [0.1, 0.15) is 27.7 Å². The number of aromatic nitrogens is 1. The van der Waals surface area contributed by atoms with Crippen LogP contribution in [0.25, 0.3) is 11.3 Å². The Morgan fingerprint density at radius 2 is 1.77 bits per heavy atom. The Morgan fingerprint density at radius 1 is 1.13 bits per heavy atom. The number of hydrogen-bond donors (Lipinski definition) is 0. The van der Waals surface area contributed by atoms with Crippen LogP contribution in [-0.2, 0) is 19.4 Å². The Balaban J connectivity index is 2.08.